The molecule has 0 saturated carbocycles. The molecule has 1 aromatic carbocycles. The molecule has 0 atom stereocenters. The average Bonchev–Trinajstić information content (AvgIpc) is 2.58. The molecule has 1 heterocycles. The van der Waals surface area contributed by atoms with E-state index in [4.69, 9.17) is 0 Å². The Bertz CT molecular complexity index is 502. The first-order chi connectivity index (χ1) is 7.47. The lowest BCUT2D eigenvalue weighted by molar-refractivity contribution is -0.160. The van der Waals surface area contributed by atoms with Gasteiger partial charge in [-0.1, -0.05) is 12.1 Å². The first-order valence-corrected chi connectivity index (χ1v) is 5.75. The van der Waals surface area contributed by atoms with Gasteiger partial charge in [0.2, 0.25) is 0 Å². The molecule has 0 aliphatic heterocycles. The van der Waals surface area contributed by atoms with E-state index >= 15 is 0 Å². The third kappa shape index (κ3) is 2.35. The van der Waals surface area contributed by atoms with Crippen molar-refractivity contribution in [3.63, 3.8) is 0 Å². The lowest BCUT2D eigenvalue weighted by Gasteiger charge is -2.00. The van der Waals surface area contributed by atoms with Gasteiger partial charge in [0.1, 0.15) is 0 Å². The second-order valence-corrected chi connectivity index (χ2v) is 5.09. The maximum atomic E-state index is 12.0. The zero-order valence-electron chi connectivity index (χ0n) is 7.62. The summed E-state index contributed by atoms with van der Waals surface area (Å²) in [4.78, 5) is 14.6. The normalized spacial score (nSPS) is 11.9. The van der Waals surface area contributed by atoms with Crippen molar-refractivity contribution in [1.82, 2.24) is 4.98 Å². The smallest absolute Gasteiger partial charge is 0.276 e. The number of thioether (sulfide) groups is 1. The van der Waals surface area contributed by atoms with Crippen molar-refractivity contribution < 1.29 is 18.0 Å². The van der Waals surface area contributed by atoms with Crippen LogP contribution in [0, 0.1) is 0 Å². The number of thiazole rings is 1. The molecule has 0 aliphatic carbocycles. The Labute approximate surface area is 96.5 Å². The summed E-state index contributed by atoms with van der Waals surface area (Å²) in [5.74, 6) is 0. The van der Waals surface area contributed by atoms with Crippen molar-refractivity contribution in [3.05, 3.63) is 24.3 Å². The van der Waals surface area contributed by atoms with Crippen LogP contribution in [0.1, 0.15) is 0 Å². The number of alkyl halides is 3. The molecule has 0 amide bonds. The predicted octanol–water partition coefficient (Wildman–Crippen LogP) is 3.48. The van der Waals surface area contributed by atoms with E-state index in [-0.39, 0.29) is 16.1 Å². The van der Waals surface area contributed by atoms with Crippen LogP contribution in [-0.2, 0) is 4.79 Å². The molecule has 0 N–H and O–H groups in total. The molecular weight excluding hydrogens is 259 g/mol. The molecule has 2 nitrogen and oxygen atoms in total. The Kier molecular flexibility index (Phi) is 2.90. The van der Waals surface area contributed by atoms with Crippen LogP contribution in [0.15, 0.2) is 28.6 Å². The van der Waals surface area contributed by atoms with Gasteiger partial charge in [0.25, 0.3) is 5.12 Å². The molecular formula is C9H4F3NOS2. The van der Waals surface area contributed by atoms with Crippen LogP contribution in [0.4, 0.5) is 13.2 Å². The highest BCUT2D eigenvalue weighted by molar-refractivity contribution is 8.15. The fourth-order valence-corrected chi connectivity index (χ4v) is 2.81. The molecule has 0 unspecified atom stereocenters. The molecule has 0 spiro atoms. The van der Waals surface area contributed by atoms with E-state index < -0.39 is 11.3 Å². The highest BCUT2D eigenvalue weighted by atomic mass is 32.2. The molecule has 1 aromatic heterocycles. The lowest BCUT2D eigenvalue weighted by Crippen LogP contribution is -2.18. The first kappa shape index (κ1) is 11.4. The molecule has 84 valence electrons. The van der Waals surface area contributed by atoms with E-state index in [0.29, 0.717) is 5.52 Å². The van der Waals surface area contributed by atoms with Crippen LogP contribution in [0.2, 0.25) is 0 Å². The zero-order valence-corrected chi connectivity index (χ0v) is 9.25. The van der Waals surface area contributed by atoms with Crippen LogP contribution in [0.5, 0.6) is 0 Å². The van der Waals surface area contributed by atoms with Crippen LogP contribution in [0.25, 0.3) is 10.2 Å². The molecule has 0 bridgehead atoms. The molecule has 0 fully saturated rings. The predicted molar refractivity (Wildman–Crippen MR) is 56.5 cm³/mol. The number of rotatable bonds is 1. The SMILES string of the molecule is O=C(Sc1nc2ccccc2s1)C(F)(F)F. The van der Waals surface area contributed by atoms with Gasteiger partial charge in [0.15, 0.2) is 4.34 Å². The third-order valence-corrected chi connectivity index (χ3v) is 3.70. The topological polar surface area (TPSA) is 30.0 Å². The third-order valence-electron chi connectivity index (χ3n) is 1.69. The van der Waals surface area contributed by atoms with Crippen molar-refractivity contribution in [2.45, 2.75) is 10.5 Å². The number of halogens is 3. The zero-order chi connectivity index (χ0) is 11.8. The van der Waals surface area contributed by atoms with E-state index in [2.05, 4.69) is 4.98 Å². The van der Waals surface area contributed by atoms with E-state index in [1.807, 2.05) is 0 Å². The molecule has 2 rings (SSSR count). The fraction of sp³-hybridized carbons (Fsp3) is 0.111. The molecule has 2 aromatic rings. The van der Waals surface area contributed by atoms with Crippen molar-refractivity contribution in [1.29, 1.82) is 0 Å². The molecule has 0 saturated heterocycles. The fourth-order valence-electron chi connectivity index (χ4n) is 1.03. The van der Waals surface area contributed by atoms with Gasteiger partial charge < -0.3 is 0 Å². The second kappa shape index (κ2) is 4.06. The highest BCUT2D eigenvalue weighted by Crippen LogP contribution is 2.34. The number of para-hydroxylation sites is 1. The molecule has 16 heavy (non-hydrogen) atoms. The van der Waals surface area contributed by atoms with Crippen molar-refractivity contribution >= 4 is 38.4 Å². The maximum Gasteiger partial charge on any atom is 0.461 e. The van der Waals surface area contributed by atoms with Gasteiger partial charge in [-0.25, -0.2) is 4.98 Å². The van der Waals surface area contributed by atoms with Crippen molar-refractivity contribution in [2.24, 2.45) is 0 Å². The summed E-state index contributed by atoms with van der Waals surface area (Å²) >= 11 is 1.19. The van der Waals surface area contributed by atoms with Gasteiger partial charge in [-0.05, 0) is 23.9 Å². The number of hydrogen-bond acceptors (Lipinski definition) is 4. The number of nitrogens with zero attached hydrogens (tertiary/aromatic N) is 1. The van der Waals surface area contributed by atoms with Crippen LogP contribution >= 0.6 is 23.1 Å². The second-order valence-electron chi connectivity index (χ2n) is 2.83. The minimum atomic E-state index is -4.82. The van der Waals surface area contributed by atoms with Crippen molar-refractivity contribution in [2.75, 3.05) is 0 Å². The summed E-state index contributed by atoms with van der Waals surface area (Å²) in [5, 5.41) is -1.84. The number of aromatic nitrogens is 1. The Morgan fingerprint density at radius 2 is 2.00 bits per heavy atom. The Balaban J connectivity index is 2.25. The van der Waals surface area contributed by atoms with Gasteiger partial charge in [-0.15, -0.1) is 11.3 Å². The minimum absolute atomic E-state index is 0.114. The van der Waals surface area contributed by atoms with Gasteiger partial charge in [0.05, 0.1) is 10.2 Å². The lowest BCUT2D eigenvalue weighted by atomic mass is 10.3. The largest absolute Gasteiger partial charge is 0.461 e. The Morgan fingerprint density at radius 3 is 2.62 bits per heavy atom. The summed E-state index contributed by atoms with van der Waals surface area (Å²) in [5.41, 5.74) is 0.602. The van der Waals surface area contributed by atoms with Crippen LogP contribution in [0.3, 0.4) is 0 Å². The van der Waals surface area contributed by atoms with Gasteiger partial charge in [-0.2, -0.15) is 13.2 Å². The van der Waals surface area contributed by atoms with E-state index in [0.717, 1.165) is 16.0 Å². The summed E-state index contributed by atoms with van der Waals surface area (Å²) < 4.78 is 36.9. The minimum Gasteiger partial charge on any atom is -0.276 e. The average molecular weight is 263 g/mol. The van der Waals surface area contributed by atoms with E-state index in [1.165, 1.54) is 0 Å². The molecule has 0 aliphatic rings. The number of fused-ring (bicyclic) bond motifs is 1. The highest BCUT2D eigenvalue weighted by Gasteiger charge is 2.39. The maximum absolute atomic E-state index is 12.0. The quantitative estimate of drug-likeness (QED) is 0.738. The monoisotopic (exact) mass is 263 g/mol. The molecule has 0 radical (unpaired) electrons. The van der Waals surface area contributed by atoms with Crippen LogP contribution < -0.4 is 0 Å². The standard InChI is InChI=1S/C9H4F3NOS2/c10-9(11,12)7(14)16-8-13-5-3-1-2-4-6(5)15-8/h1-4H. The van der Waals surface area contributed by atoms with Gasteiger partial charge in [0, 0.05) is 0 Å². The van der Waals surface area contributed by atoms with Crippen molar-refractivity contribution in [3.8, 4) is 0 Å². The number of hydrogen-bond donors (Lipinski definition) is 0. The summed E-state index contributed by atoms with van der Waals surface area (Å²) in [6.45, 7) is 0. The molecule has 7 heteroatoms. The Morgan fingerprint density at radius 1 is 1.31 bits per heavy atom. The van der Waals surface area contributed by atoms with Gasteiger partial charge >= 0.3 is 6.18 Å². The van der Waals surface area contributed by atoms with E-state index in [1.54, 1.807) is 24.3 Å². The van der Waals surface area contributed by atoms with Crippen LogP contribution in [-0.4, -0.2) is 16.3 Å². The summed E-state index contributed by atoms with van der Waals surface area (Å²) in [6, 6.07) is 6.94. The summed E-state index contributed by atoms with van der Waals surface area (Å²) in [6.07, 6.45) is -4.82. The van der Waals surface area contributed by atoms with E-state index in [9.17, 15) is 18.0 Å². The van der Waals surface area contributed by atoms with Gasteiger partial charge in [-0.3, -0.25) is 4.79 Å². The number of carbonyl (C=O) groups is 1. The number of benzene rings is 1. The first-order valence-electron chi connectivity index (χ1n) is 4.11. The number of carbonyl (C=O) groups excluding carboxylic acids is 1. The summed E-state index contributed by atoms with van der Waals surface area (Å²) in [7, 11) is 0. The Hall–Kier alpha value is -1.08.